The molecule has 0 amide bonds. The van der Waals surface area contributed by atoms with Gasteiger partial charge in [-0.2, -0.15) is 0 Å². The number of nitrogens with zero attached hydrogens (tertiary/aromatic N) is 1. The zero-order valence-corrected chi connectivity index (χ0v) is 10.4. The van der Waals surface area contributed by atoms with Gasteiger partial charge in [0.05, 0.1) is 11.6 Å². The van der Waals surface area contributed by atoms with E-state index in [9.17, 15) is 0 Å². The van der Waals surface area contributed by atoms with E-state index < -0.39 is 0 Å². The predicted molar refractivity (Wildman–Crippen MR) is 69.1 cm³/mol. The van der Waals surface area contributed by atoms with Gasteiger partial charge in [0.25, 0.3) is 0 Å². The third-order valence-corrected chi connectivity index (χ3v) is 3.39. The fourth-order valence-electron chi connectivity index (χ4n) is 1.36. The van der Waals surface area contributed by atoms with Gasteiger partial charge in [0.2, 0.25) is 0 Å². The van der Waals surface area contributed by atoms with Gasteiger partial charge >= 0.3 is 0 Å². The number of H-pyrrole nitrogens is 1. The van der Waals surface area contributed by atoms with Crippen LogP contribution >= 0.6 is 23.4 Å². The first-order valence-corrected chi connectivity index (χ1v) is 6.45. The summed E-state index contributed by atoms with van der Waals surface area (Å²) >= 11 is 7.75. The average molecular weight is 254 g/mol. The number of aromatic nitrogens is 2. The van der Waals surface area contributed by atoms with Crippen molar-refractivity contribution >= 4 is 29.1 Å². The molecule has 84 valence electrons. The first kappa shape index (κ1) is 11.4. The molecule has 0 spiro atoms. The maximum atomic E-state index is 6.11. The van der Waals surface area contributed by atoms with Crippen LogP contribution in [0, 0.1) is 0 Å². The van der Waals surface area contributed by atoms with Gasteiger partial charge in [-0.05, 0) is 24.5 Å². The minimum atomic E-state index is 0.669. The zero-order valence-electron chi connectivity index (χ0n) is 8.83. The molecule has 0 bridgehead atoms. The van der Waals surface area contributed by atoms with Crippen LogP contribution in [0.4, 0.5) is 5.69 Å². The summed E-state index contributed by atoms with van der Waals surface area (Å²) in [5.74, 6) is 0.907. The summed E-state index contributed by atoms with van der Waals surface area (Å²) in [5, 5.41) is 4.03. The maximum Gasteiger partial charge on any atom is 0.125 e. The van der Waals surface area contributed by atoms with Crippen molar-refractivity contribution in [3.05, 3.63) is 41.4 Å². The van der Waals surface area contributed by atoms with E-state index in [1.807, 2.05) is 24.5 Å². The highest BCUT2D eigenvalue weighted by atomic mass is 35.5. The van der Waals surface area contributed by atoms with Crippen molar-refractivity contribution in [2.24, 2.45) is 0 Å². The van der Waals surface area contributed by atoms with E-state index in [-0.39, 0.29) is 0 Å². The molecule has 0 saturated carbocycles. The van der Waals surface area contributed by atoms with Gasteiger partial charge < -0.3 is 10.3 Å². The van der Waals surface area contributed by atoms with Crippen LogP contribution in [0.1, 0.15) is 5.82 Å². The number of anilines is 1. The topological polar surface area (TPSA) is 40.7 Å². The van der Waals surface area contributed by atoms with Gasteiger partial charge in [0.15, 0.2) is 0 Å². The van der Waals surface area contributed by atoms with Crippen molar-refractivity contribution in [1.29, 1.82) is 0 Å². The summed E-state index contributed by atoms with van der Waals surface area (Å²) in [5.41, 5.74) is 0.999. The van der Waals surface area contributed by atoms with E-state index in [0.29, 0.717) is 6.54 Å². The largest absolute Gasteiger partial charge is 0.378 e. The van der Waals surface area contributed by atoms with Crippen molar-refractivity contribution in [3.63, 3.8) is 0 Å². The Labute approximate surface area is 104 Å². The molecule has 16 heavy (non-hydrogen) atoms. The highest BCUT2D eigenvalue weighted by Gasteiger charge is 2.01. The smallest absolute Gasteiger partial charge is 0.125 e. The molecule has 0 atom stereocenters. The molecule has 0 fully saturated rings. The SMILES string of the molecule is CSc1ccc(NCc2ncc[nH]2)cc1Cl. The van der Waals surface area contributed by atoms with E-state index >= 15 is 0 Å². The van der Waals surface area contributed by atoms with Crippen LogP contribution < -0.4 is 5.32 Å². The number of halogens is 1. The Hall–Kier alpha value is -1.13. The van der Waals surface area contributed by atoms with Gasteiger partial charge in [0.1, 0.15) is 5.82 Å². The summed E-state index contributed by atoms with van der Waals surface area (Å²) in [6.45, 7) is 0.669. The molecule has 0 aliphatic carbocycles. The summed E-state index contributed by atoms with van der Waals surface area (Å²) < 4.78 is 0. The first-order valence-electron chi connectivity index (χ1n) is 4.85. The molecule has 1 aromatic heterocycles. The second kappa shape index (κ2) is 5.27. The Balaban J connectivity index is 2.02. The average Bonchev–Trinajstić information content (AvgIpc) is 2.79. The summed E-state index contributed by atoms with van der Waals surface area (Å²) in [6.07, 6.45) is 5.55. The molecular weight excluding hydrogens is 242 g/mol. The number of imidazole rings is 1. The normalized spacial score (nSPS) is 10.4. The quantitative estimate of drug-likeness (QED) is 0.821. The van der Waals surface area contributed by atoms with Crippen LogP contribution in [0.3, 0.4) is 0 Å². The number of thioether (sulfide) groups is 1. The monoisotopic (exact) mass is 253 g/mol. The summed E-state index contributed by atoms with van der Waals surface area (Å²) in [4.78, 5) is 8.25. The van der Waals surface area contributed by atoms with Gasteiger partial charge in [-0.15, -0.1) is 11.8 Å². The highest BCUT2D eigenvalue weighted by molar-refractivity contribution is 7.98. The molecule has 0 unspecified atom stereocenters. The molecule has 0 radical (unpaired) electrons. The second-order valence-electron chi connectivity index (χ2n) is 3.24. The lowest BCUT2D eigenvalue weighted by molar-refractivity contribution is 1.000. The van der Waals surface area contributed by atoms with E-state index in [1.165, 1.54) is 0 Å². The molecule has 0 saturated heterocycles. The summed E-state index contributed by atoms with van der Waals surface area (Å²) in [7, 11) is 0. The van der Waals surface area contributed by atoms with Crippen molar-refractivity contribution in [2.45, 2.75) is 11.4 Å². The Morgan fingerprint density at radius 1 is 1.50 bits per heavy atom. The number of hydrogen-bond acceptors (Lipinski definition) is 3. The van der Waals surface area contributed by atoms with Crippen LogP contribution in [0.25, 0.3) is 0 Å². The van der Waals surface area contributed by atoms with E-state index in [1.54, 1.807) is 24.2 Å². The predicted octanol–water partition coefficient (Wildman–Crippen LogP) is 3.40. The number of nitrogens with one attached hydrogen (secondary N) is 2. The van der Waals surface area contributed by atoms with Crippen LogP contribution in [-0.4, -0.2) is 16.2 Å². The minimum Gasteiger partial charge on any atom is -0.378 e. The molecular formula is C11H12ClN3S. The van der Waals surface area contributed by atoms with E-state index in [4.69, 9.17) is 11.6 Å². The molecule has 2 rings (SSSR count). The van der Waals surface area contributed by atoms with Crippen LogP contribution in [-0.2, 0) is 6.54 Å². The van der Waals surface area contributed by atoms with Gasteiger partial charge in [-0.25, -0.2) is 4.98 Å². The van der Waals surface area contributed by atoms with Crippen molar-refractivity contribution in [2.75, 3.05) is 11.6 Å². The van der Waals surface area contributed by atoms with Crippen LogP contribution in [0.2, 0.25) is 5.02 Å². The molecule has 0 aliphatic rings. The van der Waals surface area contributed by atoms with Crippen LogP contribution in [0.15, 0.2) is 35.5 Å². The number of aromatic amines is 1. The Morgan fingerprint density at radius 3 is 3.00 bits per heavy atom. The fraction of sp³-hybridized carbons (Fsp3) is 0.182. The lowest BCUT2D eigenvalue weighted by Crippen LogP contribution is -2.00. The second-order valence-corrected chi connectivity index (χ2v) is 4.49. The Morgan fingerprint density at radius 2 is 2.38 bits per heavy atom. The fourth-order valence-corrected chi connectivity index (χ4v) is 2.23. The van der Waals surface area contributed by atoms with Crippen molar-refractivity contribution in [1.82, 2.24) is 9.97 Å². The molecule has 2 N–H and O–H groups in total. The maximum absolute atomic E-state index is 6.11. The van der Waals surface area contributed by atoms with Crippen LogP contribution in [0.5, 0.6) is 0 Å². The third kappa shape index (κ3) is 2.71. The minimum absolute atomic E-state index is 0.669. The highest BCUT2D eigenvalue weighted by Crippen LogP contribution is 2.27. The van der Waals surface area contributed by atoms with Gasteiger partial charge in [-0.3, -0.25) is 0 Å². The van der Waals surface area contributed by atoms with Gasteiger partial charge in [-0.1, -0.05) is 11.6 Å². The zero-order chi connectivity index (χ0) is 11.4. The Bertz CT molecular complexity index is 456. The summed E-state index contributed by atoms with van der Waals surface area (Å²) in [6, 6.07) is 5.95. The molecule has 1 aromatic carbocycles. The van der Waals surface area contributed by atoms with Crippen molar-refractivity contribution < 1.29 is 0 Å². The van der Waals surface area contributed by atoms with E-state index in [0.717, 1.165) is 21.4 Å². The van der Waals surface area contributed by atoms with E-state index in [2.05, 4.69) is 15.3 Å². The molecule has 3 nitrogen and oxygen atoms in total. The number of rotatable bonds is 4. The van der Waals surface area contributed by atoms with Crippen molar-refractivity contribution in [3.8, 4) is 0 Å². The Kier molecular flexibility index (Phi) is 3.74. The standard InChI is InChI=1S/C11H12ClN3S/c1-16-10-3-2-8(6-9(10)12)15-7-11-13-4-5-14-11/h2-6,15H,7H2,1H3,(H,13,14). The van der Waals surface area contributed by atoms with Gasteiger partial charge in [0, 0.05) is 23.0 Å². The third-order valence-electron chi connectivity index (χ3n) is 2.17. The first-order chi connectivity index (χ1) is 7.79. The molecule has 2 aromatic rings. The lowest BCUT2D eigenvalue weighted by Gasteiger charge is -2.07. The molecule has 0 aliphatic heterocycles. The lowest BCUT2D eigenvalue weighted by atomic mass is 10.3. The number of hydrogen-bond donors (Lipinski definition) is 2. The molecule has 5 heteroatoms. The molecule has 1 heterocycles. The number of benzene rings is 1.